The number of imidazole rings is 1. The van der Waals surface area contributed by atoms with E-state index in [2.05, 4.69) is 14.4 Å². The highest BCUT2D eigenvalue weighted by Gasteiger charge is 2.03. The molecule has 3 heteroatoms. The van der Waals surface area contributed by atoms with Crippen molar-refractivity contribution in [2.24, 2.45) is 0 Å². The van der Waals surface area contributed by atoms with Crippen LogP contribution in [0.3, 0.4) is 0 Å². The van der Waals surface area contributed by atoms with Gasteiger partial charge in [-0.1, -0.05) is 0 Å². The van der Waals surface area contributed by atoms with Crippen molar-refractivity contribution in [1.29, 1.82) is 0 Å². The molecule has 3 aromatic heterocycles. The molecule has 0 aliphatic rings. The maximum absolute atomic E-state index is 4.37. The van der Waals surface area contributed by atoms with E-state index in [-0.39, 0.29) is 0 Å². The first-order chi connectivity index (χ1) is 6.86. The predicted molar refractivity (Wildman–Crippen MR) is 55.2 cm³/mol. The Morgan fingerprint density at radius 1 is 1.21 bits per heavy atom. The molecule has 0 aromatic carbocycles. The molecule has 3 nitrogen and oxygen atoms in total. The highest BCUT2D eigenvalue weighted by Crippen LogP contribution is 2.17. The van der Waals surface area contributed by atoms with E-state index in [1.807, 2.05) is 37.5 Å². The van der Waals surface area contributed by atoms with E-state index in [4.69, 9.17) is 0 Å². The van der Waals surface area contributed by atoms with Gasteiger partial charge in [0.1, 0.15) is 5.65 Å². The summed E-state index contributed by atoms with van der Waals surface area (Å²) in [7, 11) is 0. The molecule has 0 spiro atoms. The Kier molecular flexibility index (Phi) is 1.36. The zero-order valence-corrected chi connectivity index (χ0v) is 7.81. The van der Waals surface area contributed by atoms with Crippen LogP contribution in [0.5, 0.6) is 0 Å². The summed E-state index contributed by atoms with van der Waals surface area (Å²) < 4.78 is 2.07. The molecule has 0 atom stereocenters. The zero-order valence-electron chi connectivity index (χ0n) is 7.81. The molecular weight excluding hydrogens is 174 g/mol. The van der Waals surface area contributed by atoms with Crippen LogP contribution in [-0.2, 0) is 0 Å². The summed E-state index contributed by atoms with van der Waals surface area (Å²) in [6.45, 7) is 2.04. The molecule has 0 bridgehead atoms. The van der Waals surface area contributed by atoms with Gasteiger partial charge >= 0.3 is 0 Å². The Labute approximate surface area is 81.0 Å². The lowest BCUT2D eigenvalue weighted by Crippen LogP contribution is -1.88. The number of rotatable bonds is 0. The Bertz CT molecular complexity index is 610. The lowest BCUT2D eigenvalue weighted by Gasteiger charge is -1.99. The third-order valence-electron chi connectivity index (χ3n) is 2.44. The summed E-state index contributed by atoms with van der Waals surface area (Å²) in [6, 6.07) is 5.99. The van der Waals surface area contributed by atoms with Crippen molar-refractivity contribution in [2.75, 3.05) is 0 Å². The van der Waals surface area contributed by atoms with Crippen molar-refractivity contribution in [3.63, 3.8) is 0 Å². The second-order valence-electron chi connectivity index (χ2n) is 3.35. The fourth-order valence-electron chi connectivity index (χ4n) is 1.72. The summed E-state index contributed by atoms with van der Waals surface area (Å²) in [5.74, 6) is 0. The Morgan fingerprint density at radius 2 is 2.14 bits per heavy atom. The van der Waals surface area contributed by atoms with Crippen molar-refractivity contribution in [3.05, 3.63) is 42.5 Å². The normalized spacial score (nSPS) is 11.2. The highest BCUT2D eigenvalue weighted by molar-refractivity contribution is 5.91. The second kappa shape index (κ2) is 2.54. The monoisotopic (exact) mass is 183 g/mol. The van der Waals surface area contributed by atoms with E-state index in [1.54, 1.807) is 6.20 Å². The van der Waals surface area contributed by atoms with Crippen molar-refractivity contribution < 1.29 is 0 Å². The van der Waals surface area contributed by atoms with E-state index >= 15 is 0 Å². The van der Waals surface area contributed by atoms with Crippen molar-refractivity contribution in [1.82, 2.24) is 14.4 Å². The van der Waals surface area contributed by atoms with Crippen LogP contribution in [0.25, 0.3) is 16.6 Å². The number of fused-ring (bicyclic) bond motifs is 3. The average Bonchev–Trinajstić information content (AvgIpc) is 2.61. The Morgan fingerprint density at radius 3 is 3.07 bits per heavy atom. The lowest BCUT2D eigenvalue weighted by atomic mass is 10.2. The first-order valence-electron chi connectivity index (χ1n) is 4.54. The van der Waals surface area contributed by atoms with Crippen LogP contribution in [0, 0.1) is 6.92 Å². The maximum atomic E-state index is 4.37. The van der Waals surface area contributed by atoms with Gasteiger partial charge in [-0.3, -0.25) is 4.98 Å². The molecule has 0 N–H and O–H groups in total. The maximum Gasteiger partial charge on any atom is 0.146 e. The number of hydrogen-bond donors (Lipinski definition) is 0. The molecule has 0 radical (unpaired) electrons. The van der Waals surface area contributed by atoms with Crippen molar-refractivity contribution in [2.45, 2.75) is 6.92 Å². The number of pyridine rings is 2. The summed E-state index contributed by atoms with van der Waals surface area (Å²) in [6.07, 6.45) is 5.68. The molecule has 3 rings (SSSR count). The van der Waals surface area contributed by atoms with Gasteiger partial charge in [0, 0.05) is 29.7 Å². The van der Waals surface area contributed by atoms with Crippen molar-refractivity contribution >= 4 is 16.6 Å². The molecule has 68 valence electrons. The predicted octanol–water partition coefficient (Wildman–Crippen LogP) is 2.19. The van der Waals surface area contributed by atoms with Crippen LogP contribution < -0.4 is 0 Å². The number of nitrogens with zero attached hydrogens (tertiary/aromatic N) is 3. The molecule has 0 aliphatic carbocycles. The largest absolute Gasteiger partial charge is 0.304 e. The second-order valence-corrected chi connectivity index (χ2v) is 3.35. The molecule has 0 fully saturated rings. The first kappa shape index (κ1) is 7.50. The van der Waals surface area contributed by atoms with Crippen LogP contribution in [-0.4, -0.2) is 14.4 Å². The molecular formula is C11H9N3. The van der Waals surface area contributed by atoms with E-state index in [1.165, 1.54) is 0 Å². The first-order valence-corrected chi connectivity index (χ1v) is 4.54. The highest BCUT2D eigenvalue weighted by atomic mass is 15.0. The van der Waals surface area contributed by atoms with Gasteiger partial charge in [-0.15, -0.1) is 0 Å². The Balaban J connectivity index is 2.61. The van der Waals surface area contributed by atoms with E-state index in [9.17, 15) is 0 Å². The van der Waals surface area contributed by atoms with Crippen LogP contribution in [0.2, 0.25) is 0 Å². The van der Waals surface area contributed by atoms with Crippen LogP contribution in [0.15, 0.2) is 36.8 Å². The number of aromatic nitrogens is 3. The molecule has 0 saturated carbocycles. The van der Waals surface area contributed by atoms with E-state index in [0.29, 0.717) is 0 Å². The van der Waals surface area contributed by atoms with Crippen LogP contribution in [0.4, 0.5) is 0 Å². The number of hydrogen-bond acceptors (Lipinski definition) is 2. The van der Waals surface area contributed by atoms with Gasteiger partial charge in [-0.25, -0.2) is 4.98 Å². The fraction of sp³-hybridized carbons (Fsp3) is 0.0909. The van der Waals surface area contributed by atoms with Crippen LogP contribution in [0.1, 0.15) is 5.69 Å². The molecule has 3 heterocycles. The summed E-state index contributed by atoms with van der Waals surface area (Å²) >= 11 is 0. The Hall–Kier alpha value is -1.90. The summed E-state index contributed by atoms with van der Waals surface area (Å²) in [5, 5.41) is 1.10. The van der Waals surface area contributed by atoms with Crippen LogP contribution >= 0.6 is 0 Å². The van der Waals surface area contributed by atoms with Gasteiger partial charge in [0.2, 0.25) is 0 Å². The topological polar surface area (TPSA) is 30.2 Å². The quantitative estimate of drug-likeness (QED) is 0.534. The SMILES string of the molecule is Cc1cnc2c3cccnc3ccn12. The smallest absolute Gasteiger partial charge is 0.146 e. The summed E-state index contributed by atoms with van der Waals surface area (Å²) in [4.78, 5) is 8.66. The van der Waals surface area contributed by atoms with Gasteiger partial charge < -0.3 is 4.40 Å². The van der Waals surface area contributed by atoms with Gasteiger partial charge in [-0.2, -0.15) is 0 Å². The minimum absolute atomic E-state index is 0.980. The third-order valence-corrected chi connectivity index (χ3v) is 2.44. The molecule has 14 heavy (non-hydrogen) atoms. The van der Waals surface area contributed by atoms with E-state index < -0.39 is 0 Å². The van der Waals surface area contributed by atoms with Crippen molar-refractivity contribution in [3.8, 4) is 0 Å². The average molecular weight is 183 g/mol. The summed E-state index contributed by atoms with van der Waals surface area (Å²) in [5.41, 5.74) is 3.12. The van der Waals surface area contributed by atoms with E-state index in [0.717, 1.165) is 22.2 Å². The number of aryl methyl sites for hydroxylation is 1. The lowest BCUT2D eigenvalue weighted by molar-refractivity contribution is 1.12. The molecule has 3 aromatic rings. The molecule has 0 amide bonds. The molecule has 0 aliphatic heterocycles. The van der Waals surface area contributed by atoms with Gasteiger partial charge in [0.05, 0.1) is 5.52 Å². The minimum atomic E-state index is 0.980. The standard InChI is InChI=1S/C11H9N3/c1-8-7-13-11-9-3-2-5-12-10(9)4-6-14(8)11/h2-7H,1H3. The van der Waals surface area contributed by atoms with Gasteiger partial charge in [-0.05, 0) is 25.1 Å². The fourth-order valence-corrected chi connectivity index (χ4v) is 1.72. The third kappa shape index (κ3) is 0.865. The zero-order chi connectivity index (χ0) is 9.54. The molecule has 0 saturated heterocycles. The minimum Gasteiger partial charge on any atom is -0.304 e. The van der Waals surface area contributed by atoms with Gasteiger partial charge in [0.25, 0.3) is 0 Å². The van der Waals surface area contributed by atoms with Gasteiger partial charge in [0.15, 0.2) is 0 Å². The molecule has 0 unspecified atom stereocenters.